The van der Waals surface area contributed by atoms with Gasteiger partial charge >= 0.3 is 6.18 Å². The molecule has 12 heteroatoms. The van der Waals surface area contributed by atoms with Crippen molar-refractivity contribution in [3.05, 3.63) is 53.6 Å². The molecule has 0 bridgehead atoms. The van der Waals surface area contributed by atoms with E-state index in [1.54, 1.807) is 12.1 Å². The summed E-state index contributed by atoms with van der Waals surface area (Å²) in [5, 5.41) is 7.50. The zero-order chi connectivity index (χ0) is 20.7. The Kier molecular flexibility index (Phi) is 5.17. The molecule has 0 unspecified atom stereocenters. The maximum atomic E-state index is 13.2. The van der Waals surface area contributed by atoms with E-state index in [4.69, 9.17) is 5.14 Å². The van der Waals surface area contributed by atoms with Gasteiger partial charge in [-0.05, 0) is 24.1 Å². The number of nitrogens with zero attached hydrogens (tertiary/aromatic N) is 1. The largest absolute Gasteiger partial charge is 0.417 e. The molecule has 3 rings (SSSR count). The third-order valence-corrected chi connectivity index (χ3v) is 7.09. The first kappa shape index (κ1) is 20.6. The highest BCUT2D eigenvalue weighted by molar-refractivity contribution is 7.90. The van der Waals surface area contributed by atoms with Crippen LogP contribution in [0.2, 0.25) is 0 Å². The topological polar surface area (TPSA) is 110 Å². The lowest BCUT2D eigenvalue weighted by Gasteiger charge is -2.30. The van der Waals surface area contributed by atoms with Crippen molar-refractivity contribution in [1.29, 1.82) is 0 Å². The number of nitrogens with two attached hydrogens (primary N) is 1. The summed E-state index contributed by atoms with van der Waals surface area (Å²) in [5.41, 5.74) is -0.967. The van der Waals surface area contributed by atoms with Gasteiger partial charge in [0.1, 0.15) is 4.90 Å². The first-order valence-electron chi connectivity index (χ1n) is 7.97. The van der Waals surface area contributed by atoms with Crippen molar-refractivity contribution in [3.8, 4) is 0 Å². The molecule has 0 aromatic heterocycles. The first-order chi connectivity index (χ1) is 12.9. The Hall–Kier alpha value is -2.15. The van der Waals surface area contributed by atoms with Gasteiger partial charge in [0.2, 0.25) is 20.0 Å². The summed E-state index contributed by atoms with van der Waals surface area (Å²) in [6, 6.07) is 9.95. The van der Waals surface area contributed by atoms with Crippen LogP contribution in [0.4, 0.5) is 18.9 Å². The highest BCUT2D eigenvalue weighted by atomic mass is 32.2. The van der Waals surface area contributed by atoms with Crippen molar-refractivity contribution in [1.82, 2.24) is 4.31 Å². The van der Waals surface area contributed by atoms with Crippen LogP contribution in [0.1, 0.15) is 11.1 Å². The molecule has 1 aliphatic rings. The Morgan fingerprint density at radius 3 is 2.36 bits per heavy atom. The fourth-order valence-electron chi connectivity index (χ4n) is 2.86. The van der Waals surface area contributed by atoms with E-state index >= 15 is 0 Å². The lowest BCUT2D eigenvalue weighted by atomic mass is 10.1. The van der Waals surface area contributed by atoms with Gasteiger partial charge in [0.05, 0.1) is 22.8 Å². The van der Waals surface area contributed by atoms with Crippen LogP contribution in [0.5, 0.6) is 0 Å². The lowest BCUT2D eigenvalue weighted by molar-refractivity contribution is -0.139. The van der Waals surface area contributed by atoms with Crippen LogP contribution in [-0.4, -0.2) is 34.4 Å². The van der Waals surface area contributed by atoms with Gasteiger partial charge in [-0.3, -0.25) is 0 Å². The number of fused-ring (bicyclic) bond motifs is 1. The van der Waals surface area contributed by atoms with E-state index < -0.39 is 41.6 Å². The number of hydrogen-bond donors (Lipinski definition) is 2. The summed E-state index contributed by atoms with van der Waals surface area (Å²) in [5.74, 6) is 0. The normalized spacial score (nSPS) is 17.0. The van der Waals surface area contributed by atoms with E-state index in [-0.39, 0.29) is 18.9 Å². The molecular formula is C16H16F3N3O4S2. The Labute approximate surface area is 160 Å². The lowest BCUT2D eigenvalue weighted by Crippen LogP contribution is -2.41. The van der Waals surface area contributed by atoms with Crippen LogP contribution in [0.15, 0.2) is 52.3 Å². The van der Waals surface area contributed by atoms with Crippen molar-refractivity contribution in [3.63, 3.8) is 0 Å². The van der Waals surface area contributed by atoms with Gasteiger partial charge in [0.15, 0.2) is 0 Å². The standard InChI is InChI=1S/C16H16F3N3O4S2/c17-16(18,19)12-8-13-15(9-14(12)27(20,23)24)28(25,26)22(10-21-13)7-6-11-4-2-1-3-5-11/h1-5,8-9,21H,6-7,10H2,(H2,20,23,24). The minimum Gasteiger partial charge on any atom is -0.370 e. The van der Waals surface area contributed by atoms with Gasteiger partial charge in [0, 0.05) is 6.54 Å². The van der Waals surface area contributed by atoms with Crippen molar-refractivity contribution >= 4 is 25.7 Å². The number of rotatable bonds is 4. The molecule has 0 aliphatic carbocycles. The summed E-state index contributed by atoms with van der Waals surface area (Å²) < 4.78 is 89.6. The number of anilines is 1. The zero-order valence-electron chi connectivity index (χ0n) is 14.3. The molecule has 0 radical (unpaired) electrons. The maximum Gasteiger partial charge on any atom is 0.417 e. The fourth-order valence-corrected chi connectivity index (χ4v) is 5.22. The number of sulfonamides is 2. The average Bonchev–Trinajstić information content (AvgIpc) is 2.59. The molecule has 0 saturated carbocycles. The third kappa shape index (κ3) is 3.99. The summed E-state index contributed by atoms with van der Waals surface area (Å²) in [7, 11) is -9.02. The number of hydrogen-bond acceptors (Lipinski definition) is 5. The van der Waals surface area contributed by atoms with E-state index in [9.17, 15) is 30.0 Å². The molecule has 0 fully saturated rings. The SMILES string of the molecule is NS(=O)(=O)c1cc2c(cc1C(F)(F)F)NCN(CCc1ccccc1)S2(=O)=O. The highest BCUT2D eigenvalue weighted by Gasteiger charge is 2.40. The fraction of sp³-hybridized carbons (Fsp3) is 0.250. The Bertz CT molecular complexity index is 1100. The molecule has 28 heavy (non-hydrogen) atoms. The maximum absolute atomic E-state index is 13.2. The van der Waals surface area contributed by atoms with Crippen LogP contribution in [0, 0.1) is 0 Å². The second kappa shape index (κ2) is 7.03. The molecular weight excluding hydrogens is 419 g/mol. The zero-order valence-corrected chi connectivity index (χ0v) is 15.9. The van der Waals surface area contributed by atoms with Crippen molar-refractivity contribution in [2.75, 3.05) is 18.5 Å². The average molecular weight is 435 g/mol. The summed E-state index contributed by atoms with van der Waals surface area (Å²) in [6.07, 6.45) is -4.65. The molecule has 3 N–H and O–H groups in total. The molecule has 2 aromatic carbocycles. The molecule has 2 aromatic rings. The molecule has 0 atom stereocenters. The number of primary sulfonamides is 1. The number of alkyl halides is 3. The van der Waals surface area contributed by atoms with E-state index in [0.717, 1.165) is 9.87 Å². The molecule has 152 valence electrons. The van der Waals surface area contributed by atoms with Crippen LogP contribution in [0.25, 0.3) is 0 Å². The van der Waals surface area contributed by atoms with Crippen molar-refractivity contribution in [2.45, 2.75) is 22.4 Å². The minimum atomic E-state index is -5.02. The Morgan fingerprint density at radius 2 is 1.79 bits per heavy atom. The van der Waals surface area contributed by atoms with E-state index in [1.807, 2.05) is 18.2 Å². The number of halogens is 3. The van der Waals surface area contributed by atoms with Gasteiger partial charge in [-0.25, -0.2) is 22.0 Å². The van der Waals surface area contributed by atoms with E-state index in [0.29, 0.717) is 18.6 Å². The quantitative estimate of drug-likeness (QED) is 0.763. The van der Waals surface area contributed by atoms with Crippen LogP contribution in [-0.2, 0) is 32.6 Å². The summed E-state index contributed by atoms with van der Waals surface area (Å²) in [4.78, 5) is -1.85. The van der Waals surface area contributed by atoms with Crippen LogP contribution in [0.3, 0.4) is 0 Å². The number of benzene rings is 2. The summed E-state index contributed by atoms with van der Waals surface area (Å²) >= 11 is 0. The van der Waals surface area contributed by atoms with E-state index in [2.05, 4.69) is 5.32 Å². The number of nitrogens with one attached hydrogen (secondary N) is 1. The van der Waals surface area contributed by atoms with Crippen LogP contribution < -0.4 is 10.5 Å². The predicted octanol–water partition coefficient (Wildman–Crippen LogP) is 1.97. The van der Waals surface area contributed by atoms with Gasteiger partial charge < -0.3 is 5.32 Å². The molecule has 0 saturated heterocycles. The Balaban J connectivity index is 2.02. The van der Waals surface area contributed by atoms with Crippen molar-refractivity contribution in [2.24, 2.45) is 5.14 Å². The molecule has 0 amide bonds. The Morgan fingerprint density at radius 1 is 1.14 bits per heavy atom. The first-order valence-corrected chi connectivity index (χ1v) is 11.0. The molecule has 1 aliphatic heterocycles. The van der Waals surface area contributed by atoms with E-state index in [1.165, 1.54) is 0 Å². The second-order valence-corrected chi connectivity index (χ2v) is 9.57. The van der Waals surface area contributed by atoms with Gasteiger partial charge in [-0.2, -0.15) is 17.5 Å². The van der Waals surface area contributed by atoms with Gasteiger partial charge in [-0.15, -0.1) is 0 Å². The molecule has 1 heterocycles. The van der Waals surface area contributed by atoms with Gasteiger partial charge in [-0.1, -0.05) is 30.3 Å². The second-order valence-electron chi connectivity index (χ2n) is 6.14. The van der Waals surface area contributed by atoms with Gasteiger partial charge in [0.25, 0.3) is 0 Å². The highest BCUT2D eigenvalue weighted by Crippen LogP contribution is 2.40. The summed E-state index contributed by atoms with van der Waals surface area (Å²) in [6.45, 7) is -0.182. The van der Waals surface area contributed by atoms with Crippen LogP contribution >= 0.6 is 0 Å². The molecule has 7 nitrogen and oxygen atoms in total. The van der Waals surface area contributed by atoms with Crippen molar-refractivity contribution < 1.29 is 30.0 Å². The monoisotopic (exact) mass is 435 g/mol. The predicted molar refractivity (Wildman–Crippen MR) is 95.3 cm³/mol. The minimum absolute atomic E-state index is 0.0600. The molecule has 0 spiro atoms. The third-order valence-electron chi connectivity index (χ3n) is 4.25. The smallest absolute Gasteiger partial charge is 0.370 e.